The van der Waals surface area contributed by atoms with Crippen molar-refractivity contribution >= 4 is 23.7 Å². The summed E-state index contributed by atoms with van der Waals surface area (Å²) >= 11 is 1.04. The van der Waals surface area contributed by atoms with Crippen molar-refractivity contribution in [3.8, 4) is 0 Å². The zero-order valence-electron chi connectivity index (χ0n) is 17.3. The molecule has 0 amide bonds. The summed E-state index contributed by atoms with van der Waals surface area (Å²) in [6.07, 6.45) is -12.2. The van der Waals surface area contributed by atoms with Crippen LogP contribution in [0.1, 0.15) is 38.8 Å². The largest absolute Gasteiger partial charge is 0.461 e. The summed E-state index contributed by atoms with van der Waals surface area (Å²) in [5.41, 5.74) is -2.28. The van der Waals surface area contributed by atoms with Crippen LogP contribution in [0.2, 0.25) is 0 Å². The number of carbonyl (C=O) groups excluding carboxylic acids is 2. The second-order valence-corrected chi connectivity index (χ2v) is 9.06. The molecule has 1 aliphatic heterocycles. The first-order valence-corrected chi connectivity index (χ1v) is 10.7. The van der Waals surface area contributed by atoms with E-state index < -0.39 is 64.8 Å². The highest BCUT2D eigenvalue weighted by Crippen LogP contribution is 2.39. The highest BCUT2D eigenvalue weighted by atomic mass is 32.2. The smallest absolute Gasteiger partial charge is 0.416 e. The molecule has 2 aromatic carbocycles. The summed E-state index contributed by atoms with van der Waals surface area (Å²) in [5, 5.41) is -1.47. The van der Waals surface area contributed by atoms with Crippen LogP contribution in [0.3, 0.4) is 0 Å². The van der Waals surface area contributed by atoms with Gasteiger partial charge in [-0.2, -0.15) is 26.3 Å². The second-order valence-electron chi connectivity index (χ2n) is 7.44. The molecular weight excluding hydrogens is 493 g/mol. The van der Waals surface area contributed by atoms with E-state index in [2.05, 4.69) is 0 Å². The number of hydrogen-bond acceptors (Lipinski definition) is 5. The summed E-state index contributed by atoms with van der Waals surface area (Å²) in [4.78, 5) is 24.5. The number of esters is 2. The van der Waals surface area contributed by atoms with E-state index in [9.17, 15) is 40.3 Å². The lowest BCUT2D eigenvalue weighted by molar-refractivity contribution is -0.138. The first-order chi connectivity index (χ1) is 15.8. The van der Waals surface area contributed by atoms with E-state index in [1.807, 2.05) is 0 Å². The van der Waals surface area contributed by atoms with Crippen LogP contribution in [0, 0.1) is 0 Å². The molecule has 1 unspecified atom stereocenters. The topological polar surface area (TPSA) is 52.6 Å². The highest BCUT2D eigenvalue weighted by Gasteiger charge is 2.46. The van der Waals surface area contributed by atoms with Gasteiger partial charge in [-0.3, -0.25) is 0 Å². The first-order valence-electron chi connectivity index (χ1n) is 9.79. The van der Waals surface area contributed by atoms with E-state index in [1.165, 1.54) is 6.92 Å². The van der Waals surface area contributed by atoms with Crippen LogP contribution in [0.4, 0.5) is 30.7 Å². The Labute approximate surface area is 193 Å². The maximum absolute atomic E-state index is 14.6. The lowest BCUT2D eigenvalue weighted by atomic mass is 10.1. The van der Waals surface area contributed by atoms with E-state index in [1.54, 1.807) is 0 Å². The fourth-order valence-corrected chi connectivity index (χ4v) is 4.56. The molecule has 0 aromatic heterocycles. The Morgan fingerprint density at radius 2 is 1.26 bits per heavy atom. The first kappa shape index (κ1) is 25.9. The molecular formula is C22H17F7O4S. The zero-order valence-corrected chi connectivity index (χ0v) is 18.1. The molecule has 1 heterocycles. The number of halogens is 7. The Bertz CT molecular complexity index is 1020. The van der Waals surface area contributed by atoms with Crippen LogP contribution < -0.4 is 0 Å². The molecule has 4 nitrogen and oxygen atoms in total. The summed E-state index contributed by atoms with van der Waals surface area (Å²) in [7, 11) is 0. The van der Waals surface area contributed by atoms with Gasteiger partial charge < -0.3 is 9.47 Å². The molecule has 0 radical (unpaired) electrons. The Kier molecular flexibility index (Phi) is 7.49. The molecule has 12 heteroatoms. The number of rotatable bonds is 5. The minimum atomic E-state index is -4.59. The van der Waals surface area contributed by atoms with E-state index >= 15 is 0 Å². The van der Waals surface area contributed by atoms with Crippen LogP contribution in [0.25, 0.3) is 0 Å². The molecule has 0 bridgehead atoms. The molecule has 184 valence electrons. The Hall–Kier alpha value is -2.76. The van der Waals surface area contributed by atoms with Gasteiger partial charge >= 0.3 is 24.3 Å². The van der Waals surface area contributed by atoms with Gasteiger partial charge in [-0.15, -0.1) is 11.8 Å². The van der Waals surface area contributed by atoms with E-state index in [0.717, 1.165) is 48.2 Å². The van der Waals surface area contributed by atoms with E-state index in [4.69, 9.17) is 9.47 Å². The molecule has 0 aliphatic carbocycles. The standard InChI is InChI=1S/C22H17F7O4S/c1-11-17(23)18(33-20(31)13-4-8-15(9-5-13)22(27,28)29)16(34-11)10-32-19(30)12-2-6-14(7-3-12)21(24,25)26/h2-9,11,16-18H,10H2,1H3/t11?,16-,17-,18-/m1/s1. The average molecular weight is 510 g/mol. The molecule has 34 heavy (non-hydrogen) atoms. The number of alkyl halides is 7. The SMILES string of the molecule is CC1S[C@H](COC(=O)c2ccc(C(F)(F)F)cc2)[C@@H](OC(=O)c2ccc(C(F)(F)F)cc2)[C@@H]1F. The van der Waals surface area contributed by atoms with Crippen molar-refractivity contribution in [2.75, 3.05) is 6.61 Å². The van der Waals surface area contributed by atoms with Crippen molar-refractivity contribution < 1.29 is 49.8 Å². The predicted octanol–water partition coefficient (Wildman–Crippen LogP) is 5.95. The maximum atomic E-state index is 14.6. The Balaban J connectivity index is 1.64. The van der Waals surface area contributed by atoms with Crippen molar-refractivity contribution in [1.82, 2.24) is 0 Å². The van der Waals surface area contributed by atoms with Crippen LogP contribution in [-0.4, -0.2) is 41.3 Å². The van der Waals surface area contributed by atoms with Gasteiger partial charge in [0.1, 0.15) is 18.9 Å². The van der Waals surface area contributed by atoms with E-state index in [-0.39, 0.29) is 11.1 Å². The van der Waals surface area contributed by atoms with Gasteiger partial charge in [0, 0.05) is 5.25 Å². The average Bonchev–Trinajstić information content (AvgIpc) is 3.04. The molecule has 2 aromatic rings. The zero-order chi connectivity index (χ0) is 25.3. The van der Waals surface area contributed by atoms with Crippen LogP contribution in [-0.2, 0) is 21.8 Å². The third kappa shape index (κ3) is 6.02. The van der Waals surface area contributed by atoms with Gasteiger partial charge in [0.25, 0.3) is 0 Å². The van der Waals surface area contributed by atoms with Gasteiger partial charge in [0.15, 0.2) is 0 Å². The number of carbonyl (C=O) groups is 2. The second kappa shape index (κ2) is 9.85. The third-order valence-corrected chi connectivity index (χ3v) is 6.48. The van der Waals surface area contributed by atoms with Gasteiger partial charge in [0.05, 0.1) is 27.5 Å². The Morgan fingerprint density at radius 1 is 0.824 bits per heavy atom. The van der Waals surface area contributed by atoms with Crippen molar-refractivity contribution in [2.45, 2.75) is 42.1 Å². The number of benzene rings is 2. The molecule has 0 N–H and O–H groups in total. The molecule has 1 saturated heterocycles. The van der Waals surface area contributed by atoms with Crippen molar-refractivity contribution in [3.05, 3.63) is 70.8 Å². The number of hydrogen-bond donors (Lipinski definition) is 0. The summed E-state index contributed by atoms with van der Waals surface area (Å²) in [6.45, 7) is 1.12. The van der Waals surface area contributed by atoms with Crippen molar-refractivity contribution in [2.24, 2.45) is 0 Å². The lowest BCUT2D eigenvalue weighted by Gasteiger charge is -2.21. The predicted molar refractivity (Wildman–Crippen MR) is 108 cm³/mol. The quantitative estimate of drug-likeness (QED) is 0.368. The van der Waals surface area contributed by atoms with Crippen molar-refractivity contribution in [1.29, 1.82) is 0 Å². The fourth-order valence-electron chi connectivity index (χ4n) is 3.20. The van der Waals surface area contributed by atoms with Crippen LogP contribution in [0.5, 0.6) is 0 Å². The molecule has 4 atom stereocenters. The maximum Gasteiger partial charge on any atom is 0.416 e. The Morgan fingerprint density at radius 3 is 1.71 bits per heavy atom. The lowest BCUT2D eigenvalue weighted by Crippen LogP contribution is -2.36. The molecule has 1 fully saturated rings. The summed E-state index contributed by atoms with van der Waals surface area (Å²) in [5.74, 6) is -1.99. The van der Waals surface area contributed by atoms with Crippen LogP contribution >= 0.6 is 11.8 Å². The molecule has 0 spiro atoms. The number of ether oxygens (including phenoxy) is 2. The third-order valence-electron chi connectivity index (χ3n) is 5.04. The minimum Gasteiger partial charge on any atom is -0.461 e. The fraction of sp³-hybridized carbons (Fsp3) is 0.364. The summed E-state index contributed by atoms with van der Waals surface area (Å²) in [6, 6.07) is 6.51. The highest BCUT2D eigenvalue weighted by molar-refractivity contribution is 8.00. The monoisotopic (exact) mass is 510 g/mol. The van der Waals surface area contributed by atoms with Crippen LogP contribution in [0.15, 0.2) is 48.5 Å². The normalized spacial score (nSPS) is 22.9. The van der Waals surface area contributed by atoms with Gasteiger partial charge in [-0.05, 0) is 48.5 Å². The molecule has 3 rings (SSSR count). The van der Waals surface area contributed by atoms with Gasteiger partial charge in [-0.1, -0.05) is 6.92 Å². The van der Waals surface area contributed by atoms with Crippen molar-refractivity contribution in [3.63, 3.8) is 0 Å². The van der Waals surface area contributed by atoms with Gasteiger partial charge in [-0.25, -0.2) is 14.0 Å². The molecule has 1 aliphatic rings. The number of thioether (sulfide) groups is 1. The summed E-state index contributed by atoms with van der Waals surface area (Å²) < 4.78 is 101. The van der Waals surface area contributed by atoms with Gasteiger partial charge in [0.2, 0.25) is 0 Å². The van der Waals surface area contributed by atoms with E-state index in [0.29, 0.717) is 12.1 Å². The minimum absolute atomic E-state index is 0.154. The molecule has 0 saturated carbocycles.